The molecule has 0 radical (unpaired) electrons. The smallest absolute Gasteiger partial charge is 0.236 e. The molecule has 0 fully saturated rings. The molecule has 2 heterocycles. The van der Waals surface area contributed by atoms with Gasteiger partial charge in [0.15, 0.2) is 0 Å². The lowest BCUT2D eigenvalue weighted by Crippen LogP contribution is -1.96. The number of aromatic nitrogens is 1. The van der Waals surface area contributed by atoms with Crippen molar-refractivity contribution in [2.75, 3.05) is 0 Å². The van der Waals surface area contributed by atoms with Gasteiger partial charge in [-0.05, 0) is 23.6 Å². The molecule has 0 atom stereocenters. The second kappa shape index (κ2) is 5.71. The normalized spacial score (nSPS) is 10.4. The molecule has 0 saturated carbocycles. The molecule has 0 N–H and O–H groups in total. The van der Waals surface area contributed by atoms with E-state index in [0.717, 1.165) is 11.2 Å². The lowest BCUT2D eigenvalue weighted by molar-refractivity contribution is 0.112. The van der Waals surface area contributed by atoms with Crippen LogP contribution >= 0.6 is 11.3 Å². The summed E-state index contributed by atoms with van der Waals surface area (Å²) in [5, 5.41) is 1.97. The quantitative estimate of drug-likeness (QED) is 0.669. The van der Waals surface area contributed by atoms with Crippen LogP contribution in [-0.4, -0.2) is 11.3 Å². The van der Waals surface area contributed by atoms with Crippen LogP contribution < -0.4 is 4.74 Å². The van der Waals surface area contributed by atoms with E-state index in [4.69, 9.17) is 9.15 Å². The molecule has 0 aliphatic heterocycles. The van der Waals surface area contributed by atoms with Gasteiger partial charge >= 0.3 is 0 Å². The summed E-state index contributed by atoms with van der Waals surface area (Å²) in [4.78, 5) is 16.0. The van der Waals surface area contributed by atoms with Gasteiger partial charge < -0.3 is 9.15 Å². The number of ether oxygens (including phenoxy) is 1. The largest absolute Gasteiger partial charge is 0.487 e. The number of carbonyl (C=O) groups is 1. The van der Waals surface area contributed by atoms with Crippen LogP contribution in [0.5, 0.6) is 5.75 Å². The fourth-order valence-electron chi connectivity index (χ4n) is 1.72. The van der Waals surface area contributed by atoms with E-state index in [1.54, 1.807) is 41.9 Å². The summed E-state index contributed by atoms with van der Waals surface area (Å²) in [6, 6.07) is 10.9. The molecule has 0 spiro atoms. The molecule has 0 aliphatic carbocycles. The van der Waals surface area contributed by atoms with Gasteiger partial charge in [0.1, 0.15) is 30.6 Å². The van der Waals surface area contributed by atoms with Crippen molar-refractivity contribution in [2.24, 2.45) is 0 Å². The second-order valence-corrected chi connectivity index (χ2v) is 5.05. The molecule has 20 heavy (non-hydrogen) atoms. The molecular weight excluding hydrogens is 274 g/mol. The summed E-state index contributed by atoms with van der Waals surface area (Å²) < 4.78 is 11.0. The fourth-order valence-corrected chi connectivity index (χ4v) is 2.38. The number of aldehydes is 1. The average molecular weight is 285 g/mol. The van der Waals surface area contributed by atoms with E-state index in [-0.39, 0.29) is 0 Å². The van der Waals surface area contributed by atoms with Crippen molar-refractivity contribution in [1.82, 2.24) is 4.98 Å². The summed E-state index contributed by atoms with van der Waals surface area (Å²) in [7, 11) is 0. The molecule has 5 heteroatoms. The number of thiophene rings is 1. The van der Waals surface area contributed by atoms with Crippen molar-refractivity contribution in [3.05, 3.63) is 59.3 Å². The van der Waals surface area contributed by atoms with Gasteiger partial charge in [-0.25, -0.2) is 4.98 Å². The van der Waals surface area contributed by atoms with E-state index in [0.29, 0.717) is 29.5 Å². The Balaban J connectivity index is 1.68. The molecule has 3 rings (SSSR count). The zero-order chi connectivity index (χ0) is 13.8. The number of rotatable bonds is 5. The highest BCUT2D eigenvalue weighted by atomic mass is 32.1. The minimum Gasteiger partial charge on any atom is -0.487 e. The first-order valence-electron chi connectivity index (χ1n) is 6.01. The minimum atomic E-state index is 0.303. The Morgan fingerprint density at radius 3 is 3.05 bits per heavy atom. The molecule has 100 valence electrons. The third-order valence-corrected chi connectivity index (χ3v) is 3.52. The second-order valence-electron chi connectivity index (χ2n) is 4.10. The number of hydrogen-bond acceptors (Lipinski definition) is 5. The van der Waals surface area contributed by atoms with Crippen molar-refractivity contribution >= 4 is 17.6 Å². The Bertz CT molecular complexity index is 703. The third-order valence-electron chi connectivity index (χ3n) is 2.66. The Hall–Kier alpha value is -2.40. The van der Waals surface area contributed by atoms with Gasteiger partial charge in [-0.15, -0.1) is 11.3 Å². The van der Waals surface area contributed by atoms with E-state index in [2.05, 4.69) is 4.98 Å². The first-order valence-corrected chi connectivity index (χ1v) is 6.89. The maximum Gasteiger partial charge on any atom is 0.236 e. The average Bonchev–Trinajstić information content (AvgIpc) is 3.16. The number of oxazole rings is 1. The highest BCUT2D eigenvalue weighted by Gasteiger charge is 2.08. The van der Waals surface area contributed by atoms with Gasteiger partial charge in [0.2, 0.25) is 5.89 Å². The number of nitrogens with zero attached hydrogens (tertiary/aromatic N) is 1. The predicted molar refractivity (Wildman–Crippen MR) is 76.0 cm³/mol. The van der Waals surface area contributed by atoms with E-state index < -0.39 is 0 Å². The molecule has 4 nitrogen and oxygen atoms in total. The van der Waals surface area contributed by atoms with E-state index >= 15 is 0 Å². The first-order chi connectivity index (χ1) is 9.85. The van der Waals surface area contributed by atoms with E-state index in [1.807, 2.05) is 17.5 Å². The summed E-state index contributed by atoms with van der Waals surface area (Å²) >= 11 is 1.57. The molecule has 0 bridgehead atoms. The molecule has 0 aliphatic rings. The van der Waals surface area contributed by atoms with Crippen LogP contribution in [0.15, 0.2) is 52.5 Å². The van der Waals surface area contributed by atoms with Gasteiger partial charge in [-0.1, -0.05) is 18.2 Å². The Morgan fingerprint density at radius 2 is 2.25 bits per heavy atom. The maximum atomic E-state index is 10.7. The van der Waals surface area contributed by atoms with E-state index in [9.17, 15) is 4.79 Å². The van der Waals surface area contributed by atoms with Crippen molar-refractivity contribution < 1.29 is 13.9 Å². The van der Waals surface area contributed by atoms with Crippen LogP contribution in [0.1, 0.15) is 16.1 Å². The maximum absolute atomic E-state index is 10.7. The standard InChI is InChI=1S/C15H11NO3S/c17-8-11-3-1-4-13(7-11)18-9-12-10-19-15(16-12)14-5-2-6-20-14/h1-8,10H,9H2. The minimum absolute atomic E-state index is 0.303. The monoisotopic (exact) mass is 285 g/mol. The molecule has 0 amide bonds. The molecule has 3 aromatic rings. The van der Waals surface area contributed by atoms with Crippen molar-refractivity contribution in [2.45, 2.75) is 6.61 Å². The number of carbonyl (C=O) groups excluding carboxylic acids is 1. The SMILES string of the molecule is O=Cc1cccc(OCc2coc(-c3cccs3)n2)c1. The van der Waals surface area contributed by atoms with Crippen LogP contribution in [0.4, 0.5) is 0 Å². The predicted octanol–water partition coefficient (Wildman–Crippen LogP) is 3.79. The highest BCUT2D eigenvalue weighted by Crippen LogP contribution is 2.24. The summed E-state index contributed by atoms with van der Waals surface area (Å²) in [6.07, 6.45) is 2.37. The topological polar surface area (TPSA) is 52.3 Å². The lowest BCUT2D eigenvalue weighted by atomic mass is 10.2. The van der Waals surface area contributed by atoms with Crippen LogP contribution in [0.25, 0.3) is 10.8 Å². The lowest BCUT2D eigenvalue weighted by Gasteiger charge is -2.03. The zero-order valence-electron chi connectivity index (χ0n) is 10.5. The van der Waals surface area contributed by atoms with Gasteiger partial charge in [0.05, 0.1) is 4.88 Å². The Morgan fingerprint density at radius 1 is 1.30 bits per heavy atom. The van der Waals surface area contributed by atoms with Crippen molar-refractivity contribution in [1.29, 1.82) is 0 Å². The Kier molecular flexibility index (Phi) is 3.60. The zero-order valence-corrected chi connectivity index (χ0v) is 11.3. The van der Waals surface area contributed by atoms with Crippen LogP contribution in [-0.2, 0) is 6.61 Å². The molecule has 1 aromatic carbocycles. The van der Waals surface area contributed by atoms with Gasteiger partial charge in [-0.2, -0.15) is 0 Å². The van der Waals surface area contributed by atoms with Crippen LogP contribution in [0.2, 0.25) is 0 Å². The number of hydrogen-bond donors (Lipinski definition) is 0. The molecule has 2 aromatic heterocycles. The van der Waals surface area contributed by atoms with Gasteiger partial charge in [0.25, 0.3) is 0 Å². The fraction of sp³-hybridized carbons (Fsp3) is 0.0667. The van der Waals surface area contributed by atoms with Gasteiger partial charge in [-0.3, -0.25) is 4.79 Å². The summed E-state index contributed by atoms with van der Waals surface area (Å²) in [5.74, 6) is 1.23. The van der Waals surface area contributed by atoms with Crippen LogP contribution in [0, 0.1) is 0 Å². The summed E-state index contributed by atoms with van der Waals surface area (Å²) in [5.41, 5.74) is 1.30. The molecule has 0 unspecified atom stereocenters. The molecule has 0 saturated heterocycles. The van der Waals surface area contributed by atoms with Crippen molar-refractivity contribution in [3.8, 4) is 16.5 Å². The van der Waals surface area contributed by atoms with Crippen molar-refractivity contribution in [3.63, 3.8) is 0 Å². The Labute approximate surface area is 119 Å². The van der Waals surface area contributed by atoms with Crippen LogP contribution in [0.3, 0.4) is 0 Å². The number of benzene rings is 1. The molecular formula is C15H11NO3S. The first kappa shape index (κ1) is 12.6. The highest BCUT2D eigenvalue weighted by molar-refractivity contribution is 7.13. The van der Waals surface area contributed by atoms with E-state index in [1.165, 1.54) is 0 Å². The summed E-state index contributed by atoms with van der Waals surface area (Å²) in [6.45, 7) is 0.303. The van der Waals surface area contributed by atoms with Gasteiger partial charge in [0, 0.05) is 5.56 Å². The third kappa shape index (κ3) is 2.78.